The molecular formula is C15H26N2O2S. The van der Waals surface area contributed by atoms with Gasteiger partial charge in [-0.3, -0.25) is 0 Å². The van der Waals surface area contributed by atoms with E-state index in [9.17, 15) is 5.11 Å². The molecule has 4 nitrogen and oxygen atoms in total. The minimum Gasteiger partial charge on any atom is -0.389 e. The number of aromatic nitrogens is 1. The Balaban J connectivity index is 1.57. The SMILES string of the molecule is Cc1nc(CNCC(O)COC2CCCC(C)C2)cs1. The van der Waals surface area contributed by atoms with Gasteiger partial charge in [0.1, 0.15) is 0 Å². The second-order valence-electron chi connectivity index (χ2n) is 5.87. The maximum Gasteiger partial charge on any atom is 0.0897 e. The van der Waals surface area contributed by atoms with Crippen LogP contribution in [0.5, 0.6) is 0 Å². The van der Waals surface area contributed by atoms with E-state index >= 15 is 0 Å². The van der Waals surface area contributed by atoms with Gasteiger partial charge in [-0.25, -0.2) is 4.98 Å². The van der Waals surface area contributed by atoms with Gasteiger partial charge in [0.2, 0.25) is 0 Å². The second kappa shape index (κ2) is 8.08. The minimum absolute atomic E-state index is 0.342. The average molecular weight is 298 g/mol. The Hall–Kier alpha value is -0.490. The summed E-state index contributed by atoms with van der Waals surface area (Å²) < 4.78 is 5.82. The average Bonchev–Trinajstić information content (AvgIpc) is 2.82. The van der Waals surface area contributed by atoms with Gasteiger partial charge in [-0.1, -0.05) is 19.8 Å². The highest BCUT2D eigenvalue weighted by Gasteiger charge is 2.20. The van der Waals surface area contributed by atoms with Crippen LogP contribution < -0.4 is 5.32 Å². The molecule has 5 heteroatoms. The van der Waals surface area contributed by atoms with Crippen LogP contribution in [0.2, 0.25) is 0 Å². The number of aliphatic hydroxyl groups is 1. The van der Waals surface area contributed by atoms with Crippen molar-refractivity contribution in [3.63, 3.8) is 0 Å². The van der Waals surface area contributed by atoms with Crippen LogP contribution in [0.4, 0.5) is 0 Å². The summed E-state index contributed by atoms with van der Waals surface area (Å²) in [6.07, 6.45) is 4.75. The molecule has 1 heterocycles. The Morgan fingerprint density at radius 3 is 3.10 bits per heavy atom. The lowest BCUT2D eigenvalue weighted by Crippen LogP contribution is -2.33. The highest BCUT2D eigenvalue weighted by atomic mass is 32.1. The zero-order valence-corrected chi connectivity index (χ0v) is 13.3. The molecule has 0 radical (unpaired) electrons. The summed E-state index contributed by atoms with van der Waals surface area (Å²) in [5, 5.41) is 16.3. The fourth-order valence-electron chi connectivity index (χ4n) is 2.69. The molecule has 0 aliphatic heterocycles. The highest BCUT2D eigenvalue weighted by molar-refractivity contribution is 7.09. The summed E-state index contributed by atoms with van der Waals surface area (Å²) >= 11 is 1.65. The van der Waals surface area contributed by atoms with Gasteiger partial charge in [-0.2, -0.15) is 0 Å². The minimum atomic E-state index is -0.438. The molecule has 0 bridgehead atoms. The number of thiazole rings is 1. The predicted molar refractivity (Wildman–Crippen MR) is 81.9 cm³/mol. The first kappa shape index (κ1) is 15.9. The van der Waals surface area contributed by atoms with Gasteiger partial charge in [-0.15, -0.1) is 11.3 Å². The summed E-state index contributed by atoms with van der Waals surface area (Å²) in [6, 6.07) is 0. The van der Waals surface area contributed by atoms with Crippen LogP contribution in [-0.4, -0.2) is 35.5 Å². The molecule has 20 heavy (non-hydrogen) atoms. The third-order valence-corrected chi connectivity index (χ3v) is 4.59. The quantitative estimate of drug-likeness (QED) is 0.812. The van der Waals surface area contributed by atoms with Crippen LogP contribution in [0.3, 0.4) is 0 Å². The van der Waals surface area contributed by atoms with Crippen molar-refractivity contribution < 1.29 is 9.84 Å². The molecule has 1 aromatic rings. The number of hydrogen-bond donors (Lipinski definition) is 2. The third kappa shape index (κ3) is 5.48. The van der Waals surface area contributed by atoms with E-state index in [0.717, 1.165) is 29.5 Å². The number of ether oxygens (including phenoxy) is 1. The van der Waals surface area contributed by atoms with E-state index in [-0.39, 0.29) is 0 Å². The maximum atomic E-state index is 9.92. The molecule has 1 aliphatic rings. The first-order valence-electron chi connectivity index (χ1n) is 7.55. The first-order valence-corrected chi connectivity index (χ1v) is 8.43. The Labute approximate surface area is 125 Å². The summed E-state index contributed by atoms with van der Waals surface area (Å²) in [5.41, 5.74) is 1.04. The fraction of sp³-hybridized carbons (Fsp3) is 0.800. The summed E-state index contributed by atoms with van der Waals surface area (Å²) in [5.74, 6) is 0.761. The zero-order chi connectivity index (χ0) is 14.4. The number of aliphatic hydroxyl groups excluding tert-OH is 1. The zero-order valence-electron chi connectivity index (χ0n) is 12.5. The lowest BCUT2D eigenvalue weighted by Gasteiger charge is -2.27. The van der Waals surface area contributed by atoms with Crippen molar-refractivity contribution in [2.24, 2.45) is 5.92 Å². The van der Waals surface area contributed by atoms with Crippen molar-refractivity contribution in [2.75, 3.05) is 13.2 Å². The molecule has 0 saturated heterocycles. The third-order valence-electron chi connectivity index (χ3n) is 3.77. The van der Waals surface area contributed by atoms with Crippen LogP contribution >= 0.6 is 11.3 Å². The van der Waals surface area contributed by atoms with Crippen molar-refractivity contribution in [1.82, 2.24) is 10.3 Å². The number of nitrogens with one attached hydrogen (secondary N) is 1. The van der Waals surface area contributed by atoms with E-state index in [1.54, 1.807) is 11.3 Å². The number of aryl methyl sites for hydroxylation is 1. The molecule has 0 aromatic carbocycles. The van der Waals surface area contributed by atoms with E-state index < -0.39 is 6.10 Å². The van der Waals surface area contributed by atoms with Crippen molar-refractivity contribution in [2.45, 2.75) is 58.3 Å². The molecule has 3 unspecified atom stereocenters. The number of rotatable bonds is 7. The van der Waals surface area contributed by atoms with Gasteiger partial charge < -0.3 is 15.2 Å². The number of nitrogens with zero attached hydrogens (tertiary/aromatic N) is 1. The molecule has 0 amide bonds. The second-order valence-corrected chi connectivity index (χ2v) is 6.93. The van der Waals surface area contributed by atoms with Crippen LogP contribution in [0.15, 0.2) is 5.38 Å². The van der Waals surface area contributed by atoms with Crippen LogP contribution in [0.1, 0.15) is 43.3 Å². The predicted octanol–water partition coefficient (Wildman–Crippen LogP) is 2.50. The van der Waals surface area contributed by atoms with Crippen LogP contribution in [-0.2, 0) is 11.3 Å². The van der Waals surface area contributed by atoms with Gasteiger partial charge in [0.05, 0.1) is 29.5 Å². The molecular weight excluding hydrogens is 272 g/mol. The molecule has 1 aromatic heterocycles. The molecule has 0 spiro atoms. The smallest absolute Gasteiger partial charge is 0.0897 e. The van der Waals surface area contributed by atoms with E-state index in [4.69, 9.17) is 4.74 Å². The van der Waals surface area contributed by atoms with Gasteiger partial charge in [0.25, 0.3) is 0 Å². The van der Waals surface area contributed by atoms with E-state index in [0.29, 0.717) is 25.8 Å². The molecule has 2 N–H and O–H groups in total. The van der Waals surface area contributed by atoms with Gasteiger partial charge >= 0.3 is 0 Å². The van der Waals surface area contributed by atoms with Crippen molar-refractivity contribution in [3.05, 3.63) is 16.1 Å². The molecule has 114 valence electrons. The Morgan fingerprint density at radius 1 is 1.55 bits per heavy atom. The van der Waals surface area contributed by atoms with Gasteiger partial charge in [-0.05, 0) is 25.7 Å². The van der Waals surface area contributed by atoms with Crippen LogP contribution in [0, 0.1) is 12.8 Å². The Kier molecular flexibility index (Phi) is 6.42. The molecule has 1 aliphatic carbocycles. The fourth-order valence-corrected chi connectivity index (χ4v) is 3.30. The summed E-state index contributed by atoms with van der Waals surface area (Å²) in [6.45, 7) is 5.98. The van der Waals surface area contributed by atoms with Crippen LogP contribution in [0.25, 0.3) is 0 Å². The Bertz CT molecular complexity index is 397. The summed E-state index contributed by atoms with van der Waals surface area (Å²) in [4.78, 5) is 4.38. The van der Waals surface area contributed by atoms with Crippen molar-refractivity contribution >= 4 is 11.3 Å². The van der Waals surface area contributed by atoms with E-state index in [1.807, 2.05) is 6.92 Å². The molecule has 1 saturated carbocycles. The molecule has 3 atom stereocenters. The van der Waals surface area contributed by atoms with E-state index in [1.165, 1.54) is 12.8 Å². The Morgan fingerprint density at radius 2 is 2.40 bits per heavy atom. The standard InChI is InChI=1S/C15H26N2O2S/c1-11-4-3-5-15(6-11)19-9-14(18)8-16-7-13-10-20-12(2)17-13/h10-11,14-16,18H,3-9H2,1-2H3. The monoisotopic (exact) mass is 298 g/mol. The summed E-state index contributed by atoms with van der Waals surface area (Å²) in [7, 11) is 0. The van der Waals surface area contributed by atoms with Gasteiger partial charge in [0.15, 0.2) is 0 Å². The lowest BCUT2D eigenvalue weighted by atomic mass is 9.89. The van der Waals surface area contributed by atoms with Crippen molar-refractivity contribution in [3.8, 4) is 0 Å². The first-order chi connectivity index (χ1) is 9.63. The molecule has 2 rings (SSSR count). The maximum absolute atomic E-state index is 9.92. The largest absolute Gasteiger partial charge is 0.389 e. The van der Waals surface area contributed by atoms with E-state index in [2.05, 4.69) is 22.6 Å². The van der Waals surface area contributed by atoms with Gasteiger partial charge in [0, 0.05) is 18.5 Å². The normalized spacial score (nSPS) is 24.8. The highest BCUT2D eigenvalue weighted by Crippen LogP contribution is 2.25. The molecule has 1 fully saturated rings. The number of hydrogen-bond acceptors (Lipinski definition) is 5. The topological polar surface area (TPSA) is 54.4 Å². The lowest BCUT2D eigenvalue weighted by molar-refractivity contribution is -0.0306. The van der Waals surface area contributed by atoms with Crippen molar-refractivity contribution in [1.29, 1.82) is 0 Å².